The van der Waals surface area contributed by atoms with Crippen molar-refractivity contribution in [2.75, 3.05) is 37.7 Å². The third-order valence-corrected chi connectivity index (χ3v) is 4.35. The maximum atomic E-state index is 12.1. The molecule has 0 radical (unpaired) electrons. The Bertz CT molecular complexity index is 507. The van der Waals surface area contributed by atoms with Crippen LogP contribution in [-0.4, -0.2) is 59.4 Å². The summed E-state index contributed by atoms with van der Waals surface area (Å²) in [6.45, 7) is 2.67. The van der Waals surface area contributed by atoms with Crippen molar-refractivity contribution in [1.29, 1.82) is 0 Å². The second-order valence-corrected chi connectivity index (χ2v) is 6.05. The Morgan fingerprint density at radius 1 is 1.41 bits per heavy atom. The molecule has 0 aromatic carbocycles. The van der Waals surface area contributed by atoms with E-state index in [9.17, 15) is 9.90 Å². The number of amides is 1. The Labute approximate surface area is 129 Å². The zero-order valence-electron chi connectivity index (χ0n) is 12.6. The van der Waals surface area contributed by atoms with Crippen LogP contribution in [0, 0.1) is 5.92 Å². The summed E-state index contributed by atoms with van der Waals surface area (Å²) in [5.74, 6) is 0.646. The normalized spacial score (nSPS) is 26.1. The molecule has 1 aromatic heterocycles. The highest BCUT2D eigenvalue weighted by Gasteiger charge is 2.37. The number of hydrogen-bond donors (Lipinski definition) is 2. The quantitative estimate of drug-likeness (QED) is 0.812. The van der Waals surface area contributed by atoms with E-state index in [0.29, 0.717) is 38.7 Å². The van der Waals surface area contributed by atoms with E-state index in [1.54, 1.807) is 18.5 Å². The molecule has 120 valence electrons. The molecule has 7 heteroatoms. The van der Waals surface area contributed by atoms with Gasteiger partial charge in [0, 0.05) is 44.6 Å². The van der Waals surface area contributed by atoms with E-state index in [-0.39, 0.29) is 18.4 Å². The van der Waals surface area contributed by atoms with E-state index in [1.165, 1.54) is 0 Å². The SMILES string of the molecule is O=C(NCC1(O)CCN(c2ncccn2)C1)C1CCOCC1. The second kappa shape index (κ2) is 6.58. The lowest BCUT2D eigenvalue weighted by molar-refractivity contribution is -0.128. The average Bonchev–Trinajstić information content (AvgIpc) is 2.97. The van der Waals surface area contributed by atoms with Gasteiger partial charge >= 0.3 is 0 Å². The first-order valence-electron chi connectivity index (χ1n) is 7.76. The van der Waals surface area contributed by atoms with Gasteiger partial charge in [-0.2, -0.15) is 0 Å². The summed E-state index contributed by atoms with van der Waals surface area (Å²) in [6.07, 6.45) is 5.49. The summed E-state index contributed by atoms with van der Waals surface area (Å²) in [4.78, 5) is 22.5. The number of carbonyl (C=O) groups is 1. The number of aliphatic hydroxyl groups is 1. The standard InChI is InChI=1S/C15H22N4O3/c20-13(12-2-8-22-9-3-12)18-10-15(21)4-7-19(11-15)14-16-5-1-6-17-14/h1,5-6,12,21H,2-4,7-11H2,(H,18,20). The van der Waals surface area contributed by atoms with E-state index in [4.69, 9.17) is 4.74 Å². The number of aromatic nitrogens is 2. The number of anilines is 1. The van der Waals surface area contributed by atoms with Crippen LogP contribution < -0.4 is 10.2 Å². The van der Waals surface area contributed by atoms with Crippen LogP contribution in [0.15, 0.2) is 18.5 Å². The van der Waals surface area contributed by atoms with Gasteiger partial charge in [-0.05, 0) is 25.3 Å². The van der Waals surface area contributed by atoms with Crippen LogP contribution in [0.3, 0.4) is 0 Å². The molecule has 1 amide bonds. The third-order valence-electron chi connectivity index (χ3n) is 4.35. The predicted octanol–water partition coefficient (Wildman–Crippen LogP) is -0.0394. The molecule has 0 bridgehead atoms. The van der Waals surface area contributed by atoms with E-state index in [1.807, 2.05) is 4.90 Å². The monoisotopic (exact) mass is 306 g/mol. The fourth-order valence-corrected chi connectivity index (χ4v) is 2.98. The van der Waals surface area contributed by atoms with Gasteiger partial charge in [-0.15, -0.1) is 0 Å². The maximum Gasteiger partial charge on any atom is 0.225 e. The Balaban J connectivity index is 1.51. The summed E-state index contributed by atoms with van der Waals surface area (Å²) in [7, 11) is 0. The van der Waals surface area contributed by atoms with E-state index >= 15 is 0 Å². The van der Waals surface area contributed by atoms with Crippen molar-refractivity contribution < 1.29 is 14.6 Å². The summed E-state index contributed by atoms with van der Waals surface area (Å²) < 4.78 is 5.26. The molecule has 7 nitrogen and oxygen atoms in total. The highest BCUT2D eigenvalue weighted by Crippen LogP contribution is 2.24. The van der Waals surface area contributed by atoms with Gasteiger partial charge in [0.15, 0.2) is 0 Å². The Kier molecular flexibility index (Phi) is 4.54. The van der Waals surface area contributed by atoms with Crippen LogP contribution in [0.5, 0.6) is 0 Å². The minimum absolute atomic E-state index is 0.00677. The molecule has 2 aliphatic rings. The van der Waals surface area contributed by atoms with Crippen LogP contribution >= 0.6 is 0 Å². The lowest BCUT2D eigenvalue weighted by atomic mass is 9.98. The maximum absolute atomic E-state index is 12.1. The van der Waals surface area contributed by atoms with Crippen molar-refractivity contribution in [1.82, 2.24) is 15.3 Å². The van der Waals surface area contributed by atoms with E-state index < -0.39 is 5.60 Å². The van der Waals surface area contributed by atoms with Gasteiger partial charge in [0.05, 0.1) is 6.54 Å². The molecule has 0 aliphatic carbocycles. The average molecular weight is 306 g/mol. The first kappa shape index (κ1) is 15.2. The van der Waals surface area contributed by atoms with Crippen molar-refractivity contribution in [3.63, 3.8) is 0 Å². The first-order valence-corrected chi connectivity index (χ1v) is 7.76. The molecule has 1 atom stereocenters. The molecular formula is C15H22N4O3. The molecule has 0 spiro atoms. The molecule has 1 unspecified atom stereocenters. The van der Waals surface area contributed by atoms with E-state index in [2.05, 4.69) is 15.3 Å². The smallest absolute Gasteiger partial charge is 0.225 e. The number of nitrogens with zero attached hydrogens (tertiary/aromatic N) is 3. The Hall–Kier alpha value is -1.73. The first-order chi connectivity index (χ1) is 10.7. The summed E-state index contributed by atoms with van der Waals surface area (Å²) >= 11 is 0. The number of carbonyl (C=O) groups excluding carboxylic acids is 1. The summed E-state index contributed by atoms with van der Waals surface area (Å²) in [6, 6.07) is 1.76. The lowest BCUT2D eigenvalue weighted by Gasteiger charge is -2.26. The molecule has 2 fully saturated rings. The van der Waals surface area contributed by atoms with E-state index in [0.717, 1.165) is 12.8 Å². The molecule has 2 saturated heterocycles. The van der Waals surface area contributed by atoms with Crippen LogP contribution in [0.25, 0.3) is 0 Å². The minimum atomic E-state index is -0.917. The topological polar surface area (TPSA) is 87.6 Å². The fraction of sp³-hybridized carbons (Fsp3) is 0.667. The Morgan fingerprint density at radius 2 is 2.14 bits per heavy atom. The van der Waals surface area contributed by atoms with Crippen molar-refractivity contribution in [3.05, 3.63) is 18.5 Å². The van der Waals surface area contributed by atoms with Crippen LogP contribution in [0.4, 0.5) is 5.95 Å². The van der Waals surface area contributed by atoms with Crippen molar-refractivity contribution in [2.24, 2.45) is 5.92 Å². The zero-order valence-corrected chi connectivity index (χ0v) is 12.6. The second-order valence-electron chi connectivity index (χ2n) is 6.05. The molecule has 1 aromatic rings. The summed E-state index contributed by atoms with van der Waals surface area (Å²) in [5, 5.41) is 13.5. The molecular weight excluding hydrogens is 284 g/mol. The highest BCUT2D eigenvalue weighted by molar-refractivity contribution is 5.78. The number of nitrogens with one attached hydrogen (secondary N) is 1. The largest absolute Gasteiger partial charge is 0.386 e. The summed E-state index contributed by atoms with van der Waals surface area (Å²) in [5.41, 5.74) is -0.917. The van der Waals surface area contributed by atoms with Gasteiger partial charge in [-0.3, -0.25) is 4.79 Å². The predicted molar refractivity (Wildman–Crippen MR) is 80.4 cm³/mol. The number of hydrogen-bond acceptors (Lipinski definition) is 6. The number of ether oxygens (including phenoxy) is 1. The van der Waals surface area contributed by atoms with Gasteiger partial charge in [-0.1, -0.05) is 0 Å². The molecule has 2 aliphatic heterocycles. The highest BCUT2D eigenvalue weighted by atomic mass is 16.5. The van der Waals surface area contributed by atoms with Gasteiger partial charge in [-0.25, -0.2) is 9.97 Å². The number of rotatable bonds is 4. The molecule has 3 rings (SSSR count). The third kappa shape index (κ3) is 3.53. The van der Waals surface area contributed by atoms with Crippen LogP contribution in [-0.2, 0) is 9.53 Å². The van der Waals surface area contributed by atoms with Crippen molar-refractivity contribution in [2.45, 2.75) is 24.9 Å². The minimum Gasteiger partial charge on any atom is -0.386 e. The van der Waals surface area contributed by atoms with Gasteiger partial charge in [0.1, 0.15) is 5.60 Å². The fourth-order valence-electron chi connectivity index (χ4n) is 2.98. The Morgan fingerprint density at radius 3 is 2.86 bits per heavy atom. The lowest BCUT2D eigenvalue weighted by Crippen LogP contribution is -2.47. The number of β-amino-alcohol motifs (C(OH)–C–C–N with tert-alkyl or cyclic N) is 1. The van der Waals surface area contributed by atoms with Crippen LogP contribution in [0.1, 0.15) is 19.3 Å². The van der Waals surface area contributed by atoms with Gasteiger partial charge < -0.3 is 20.1 Å². The molecule has 22 heavy (non-hydrogen) atoms. The van der Waals surface area contributed by atoms with Crippen molar-refractivity contribution >= 4 is 11.9 Å². The van der Waals surface area contributed by atoms with Crippen molar-refractivity contribution in [3.8, 4) is 0 Å². The molecule has 2 N–H and O–H groups in total. The van der Waals surface area contributed by atoms with Gasteiger partial charge in [0.25, 0.3) is 0 Å². The van der Waals surface area contributed by atoms with Gasteiger partial charge in [0.2, 0.25) is 11.9 Å². The van der Waals surface area contributed by atoms with Crippen LogP contribution in [0.2, 0.25) is 0 Å². The molecule has 3 heterocycles. The zero-order chi connectivity index (χ0) is 15.4. The molecule has 0 saturated carbocycles.